The lowest BCUT2D eigenvalue weighted by molar-refractivity contribution is 0.300. The van der Waals surface area contributed by atoms with E-state index in [0.717, 1.165) is 31.6 Å². The van der Waals surface area contributed by atoms with Crippen LogP contribution in [-0.4, -0.2) is 43.0 Å². The molecule has 0 aromatic heterocycles. The average Bonchev–Trinajstić information content (AvgIpc) is 2.56. The molecule has 0 atom stereocenters. The van der Waals surface area contributed by atoms with E-state index in [1.54, 1.807) is 12.1 Å². The molecule has 0 spiro atoms. The smallest absolute Gasteiger partial charge is 0.195 e. The molecule has 6 nitrogen and oxygen atoms in total. The first-order chi connectivity index (χ1) is 11.5. The van der Waals surface area contributed by atoms with Crippen LogP contribution in [0.1, 0.15) is 25.8 Å². The summed E-state index contributed by atoms with van der Waals surface area (Å²) in [5.41, 5.74) is 0.912. The second-order valence-corrected chi connectivity index (χ2v) is 6.10. The van der Waals surface area contributed by atoms with Crippen LogP contribution in [0.15, 0.2) is 18.2 Å². The molecule has 0 saturated carbocycles. The zero-order valence-corrected chi connectivity index (χ0v) is 15.7. The standard InChI is InChI=1S/C16H26Cl2N6/c1-3-24(4-2)9-5-8-21-15(19)23-16(20)22-11-12-6-7-13(17)14(18)10-12/h6-7,10H,3-5,8-9,11H2,1-2H3,(H5,19,20,21,22,23). The van der Waals surface area contributed by atoms with E-state index in [0.29, 0.717) is 23.1 Å². The molecule has 0 aliphatic rings. The van der Waals surface area contributed by atoms with Gasteiger partial charge in [0.15, 0.2) is 11.9 Å². The molecule has 1 aromatic rings. The highest BCUT2D eigenvalue weighted by atomic mass is 35.5. The van der Waals surface area contributed by atoms with Gasteiger partial charge in [0.25, 0.3) is 0 Å². The van der Waals surface area contributed by atoms with Crippen molar-refractivity contribution < 1.29 is 0 Å². The average molecular weight is 373 g/mol. The van der Waals surface area contributed by atoms with Crippen LogP contribution in [-0.2, 0) is 6.54 Å². The van der Waals surface area contributed by atoms with Crippen LogP contribution in [0.3, 0.4) is 0 Å². The summed E-state index contributed by atoms with van der Waals surface area (Å²) in [4.78, 5) is 2.33. The van der Waals surface area contributed by atoms with Crippen molar-refractivity contribution in [2.75, 3.05) is 26.2 Å². The molecule has 0 aliphatic heterocycles. The number of guanidine groups is 2. The predicted molar refractivity (Wildman–Crippen MR) is 102 cm³/mol. The van der Waals surface area contributed by atoms with Crippen molar-refractivity contribution in [3.8, 4) is 0 Å². The molecule has 0 heterocycles. The maximum absolute atomic E-state index is 7.80. The van der Waals surface area contributed by atoms with Gasteiger partial charge in [-0.2, -0.15) is 0 Å². The van der Waals surface area contributed by atoms with E-state index < -0.39 is 0 Å². The highest BCUT2D eigenvalue weighted by Crippen LogP contribution is 2.22. The molecular formula is C16H26Cl2N6. The Labute approximate surface area is 153 Å². The Hall–Kier alpha value is -1.50. The van der Waals surface area contributed by atoms with Gasteiger partial charge in [-0.15, -0.1) is 0 Å². The van der Waals surface area contributed by atoms with Gasteiger partial charge in [-0.25, -0.2) is 0 Å². The van der Waals surface area contributed by atoms with E-state index in [1.807, 2.05) is 6.07 Å². The Balaban J connectivity index is 2.22. The third-order valence-corrected chi connectivity index (χ3v) is 4.29. The number of halogens is 2. The molecule has 1 rings (SSSR count). The lowest BCUT2D eigenvalue weighted by atomic mass is 10.2. The van der Waals surface area contributed by atoms with Crippen LogP contribution < -0.4 is 16.0 Å². The molecule has 0 radical (unpaired) electrons. The minimum absolute atomic E-state index is 0.0577. The molecule has 0 aliphatic carbocycles. The van der Waals surface area contributed by atoms with Gasteiger partial charge < -0.3 is 15.5 Å². The minimum atomic E-state index is 0.0577. The second-order valence-electron chi connectivity index (χ2n) is 5.28. The molecule has 8 heteroatoms. The molecule has 0 fully saturated rings. The molecule has 1 aromatic carbocycles. The molecule has 0 saturated heterocycles. The summed E-state index contributed by atoms with van der Waals surface area (Å²) in [5.74, 6) is 0.170. The molecule has 134 valence electrons. The van der Waals surface area contributed by atoms with E-state index in [2.05, 4.69) is 34.7 Å². The zero-order valence-electron chi connectivity index (χ0n) is 14.2. The van der Waals surface area contributed by atoms with Crippen LogP contribution in [0.25, 0.3) is 0 Å². The fourth-order valence-corrected chi connectivity index (χ4v) is 2.43. The van der Waals surface area contributed by atoms with Crippen molar-refractivity contribution in [2.24, 2.45) is 0 Å². The van der Waals surface area contributed by atoms with Crippen LogP contribution in [0, 0.1) is 10.8 Å². The summed E-state index contributed by atoms with van der Waals surface area (Å²) in [6, 6.07) is 5.31. The van der Waals surface area contributed by atoms with Crippen LogP contribution in [0.5, 0.6) is 0 Å². The van der Waals surface area contributed by atoms with Crippen LogP contribution in [0.2, 0.25) is 10.0 Å². The van der Waals surface area contributed by atoms with Gasteiger partial charge in [-0.1, -0.05) is 43.1 Å². The summed E-state index contributed by atoms with van der Waals surface area (Å²) in [7, 11) is 0. The molecule has 0 amide bonds. The lowest BCUT2D eigenvalue weighted by Crippen LogP contribution is -2.46. The number of hydrogen-bond donors (Lipinski definition) is 5. The second kappa shape index (κ2) is 11.1. The number of hydrogen-bond acceptors (Lipinski definition) is 3. The molecule has 0 unspecified atom stereocenters. The largest absolute Gasteiger partial charge is 0.356 e. The highest BCUT2D eigenvalue weighted by Gasteiger charge is 2.03. The number of nitrogens with one attached hydrogen (secondary N) is 5. The van der Waals surface area contributed by atoms with Crippen molar-refractivity contribution in [1.82, 2.24) is 20.9 Å². The summed E-state index contributed by atoms with van der Waals surface area (Å²) in [6.07, 6.45) is 0.954. The van der Waals surface area contributed by atoms with E-state index >= 15 is 0 Å². The predicted octanol–water partition coefficient (Wildman–Crippen LogP) is 2.86. The van der Waals surface area contributed by atoms with Crippen molar-refractivity contribution >= 4 is 35.1 Å². The van der Waals surface area contributed by atoms with Crippen molar-refractivity contribution in [3.05, 3.63) is 33.8 Å². The van der Waals surface area contributed by atoms with Crippen molar-refractivity contribution in [2.45, 2.75) is 26.8 Å². The fourth-order valence-electron chi connectivity index (χ4n) is 2.11. The molecule has 24 heavy (non-hydrogen) atoms. The summed E-state index contributed by atoms with van der Waals surface area (Å²) in [6.45, 7) is 8.48. The summed E-state index contributed by atoms with van der Waals surface area (Å²) < 4.78 is 0. The van der Waals surface area contributed by atoms with Gasteiger partial charge in [0.2, 0.25) is 0 Å². The SMILES string of the molecule is CCN(CC)CCCNC(=N)NC(=N)NCc1ccc(Cl)c(Cl)c1. The topological polar surface area (TPSA) is 87.0 Å². The van der Waals surface area contributed by atoms with Gasteiger partial charge >= 0.3 is 0 Å². The number of rotatable bonds is 8. The van der Waals surface area contributed by atoms with E-state index in [4.69, 9.17) is 34.0 Å². The third kappa shape index (κ3) is 7.86. The van der Waals surface area contributed by atoms with Crippen molar-refractivity contribution in [1.29, 1.82) is 10.8 Å². The summed E-state index contributed by atoms with van der Waals surface area (Å²) >= 11 is 11.8. The third-order valence-electron chi connectivity index (χ3n) is 3.55. The Morgan fingerprint density at radius 3 is 2.33 bits per heavy atom. The first kappa shape index (κ1) is 20.5. The van der Waals surface area contributed by atoms with E-state index in [9.17, 15) is 0 Å². The molecule has 5 N–H and O–H groups in total. The Bertz CT molecular complexity index is 545. The van der Waals surface area contributed by atoms with Crippen LogP contribution in [0.4, 0.5) is 0 Å². The first-order valence-corrected chi connectivity index (χ1v) is 8.80. The lowest BCUT2D eigenvalue weighted by Gasteiger charge is -2.18. The monoisotopic (exact) mass is 372 g/mol. The number of benzene rings is 1. The van der Waals surface area contributed by atoms with Crippen molar-refractivity contribution in [3.63, 3.8) is 0 Å². The first-order valence-electron chi connectivity index (χ1n) is 8.04. The molecular weight excluding hydrogens is 347 g/mol. The van der Waals surface area contributed by atoms with Gasteiger partial charge in [-0.3, -0.25) is 16.1 Å². The maximum atomic E-state index is 7.80. The Morgan fingerprint density at radius 1 is 1.04 bits per heavy atom. The zero-order chi connectivity index (χ0) is 17.9. The van der Waals surface area contributed by atoms with E-state index in [-0.39, 0.29) is 11.9 Å². The Kier molecular flexibility index (Phi) is 9.52. The molecule has 0 bridgehead atoms. The van der Waals surface area contributed by atoms with Gasteiger partial charge in [-0.05, 0) is 43.8 Å². The minimum Gasteiger partial charge on any atom is -0.356 e. The van der Waals surface area contributed by atoms with Gasteiger partial charge in [0, 0.05) is 13.1 Å². The number of nitrogens with zero attached hydrogens (tertiary/aromatic N) is 1. The normalized spacial score (nSPS) is 10.5. The summed E-state index contributed by atoms with van der Waals surface area (Å²) in [5, 5.41) is 25.1. The van der Waals surface area contributed by atoms with Gasteiger partial charge in [0.1, 0.15) is 0 Å². The Morgan fingerprint density at radius 2 is 1.71 bits per heavy atom. The highest BCUT2D eigenvalue weighted by molar-refractivity contribution is 6.42. The quantitative estimate of drug-likeness (QED) is 0.276. The maximum Gasteiger partial charge on any atom is 0.195 e. The van der Waals surface area contributed by atoms with Crippen LogP contribution >= 0.6 is 23.2 Å². The fraction of sp³-hybridized carbons (Fsp3) is 0.500. The van der Waals surface area contributed by atoms with Gasteiger partial charge in [0.05, 0.1) is 10.0 Å². The van der Waals surface area contributed by atoms with E-state index in [1.165, 1.54) is 0 Å².